The maximum Gasteiger partial charge on any atom is 0.227 e. The fraction of sp³-hybridized carbons (Fsp3) is 0.906. The molecule has 4 fully saturated rings. The van der Waals surface area contributed by atoms with Crippen LogP contribution in [0.1, 0.15) is 99.3 Å². The molecule has 6 nitrogen and oxygen atoms in total. The maximum absolute atomic E-state index is 13.8. The van der Waals surface area contributed by atoms with E-state index >= 15 is 0 Å². The van der Waals surface area contributed by atoms with Crippen LogP contribution in [0.5, 0.6) is 0 Å². The molecule has 0 aromatic carbocycles. The lowest BCUT2D eigenvalue weighted by Crippen LogP contribution is -2.68. The summed E-state index contributed by atoms with van der Waals surface area (Å²) in [5.74, 6) is 0.538. The molecule has 5 N–H and O–H groups in total. The molecule has 3 unspecified atom stereocenters. The molecule has 38 heavy (non-hydrogen) atoms. The summed E-state index contributed by atoms with van der Waals surface area (Å²) >= 11 is 0. The summed E-state index contributed by atoms with van der Waals surface area (Å²) in [6, 6.07) is 0. The fourth-order valence-electron chi connectivity index (χ4n) is 11.2. The lowest BCUT2D eigenvalue weighted by Gasteiger charge is -2.72. The van der Waals surface area contributed by atoms with Gasteiger partial charge in [0, 0.05) is 17.9 Å². The summed E-state index contributed by atoms with van der Waals surface area (Å²) < 4.78 is 0. The Hall–Kier alpha value is -0.950. The summed E-state index contributed by atoms with van der Waals surface area (Å²) in [6.07, 6.45) is 9.85. The molecule has 5 rings (SSSR count). The minimum atomic E-state index is -0.989. The van der Waals surface area contributed by atoms with Crippen LogP contribution in [0.3, 0.4) is 0 Å². The average Bonchev–Trinajstić information content (AvgIpc) is 2.87. The highest BCUT2D eigenvalue weighted by molar-refractivity contribution is 5.84. The number of allylic oxidation sites excluding steroid dienone is 1. The van der Waals surface area contributed by atoms with E-state index in [1.165, 1.54) is 5.57 Å². The molecule has 0 aromatic heterocycles. The number of fused-ring (bicyclic) bond motifs is 7. The maximum atomic E-state index is 13.8. The van der Waals surface area contributed by atoms with Gasteiger partial charge in [-0.2, -0.15) is 0 Å². The topological polar surface area (TPSA) is 110 Å². The van der Waals surface area contributed by atoms with Crippen molar-refractivity contribution in [1.82, 2.24) is 5.32 Å². The Labute approximate surface area is 229 Å². The van der Waals surface area contributed by atoms with E-state index in [9.17, 15) is 25.2 Å². The molecule has 216 valence electrons. The third-order valence-electron chi connectivity index (χ3n) is 14.0. The van der Waals surface area contributed by atoms with Crippen LogP contribution >= 0.6 is 0 Å². The number of carbonyl (C=O) groups is 1. The minimum absolute atomic E-state index is 0.00500. The zero-order valence-electron chi connectivity index (χ0n) is 24.6. The zero-order valence-corrected chi connectivity index (χ0v) is 24.6. The van der Waals surface area contributed by atoms with Crippen LogP contribution in [-0.2, 0) is 4.79 Å². The van der Waals surface area contributed by atoms with E-state index in [0.29, 0.717) is 5.92 Å². The van der Waals surface area contributed by atoms with E-state index in [1.54, 1.807) is 0 Å². The van der Waals surface area contributed by atoms with Crippen molar-refractivity contribution >= 4 is 5.91 Å². The van der Waals surface area contributed by atoms with Gasteiger partial charge in [0.15, 0.2) is 0 Å². The molecule has 4 saturated carbocycles. The van der Waals surface area contributed by atoms with Crippen molar-refractivity contribution in [2.45, 2.75) is 111 Å². The van der Waals surface area contributed by atoms with E-state index in [-0.39, 0.29) is 59.7 Å². The molecule has 5 aliphatic carbocycles. The van der Waals surface area contributed by atoms with Crippen molar-refractivity contribution in [3.8, 4) is 0 Å². The highest BCUT2D eigenvalue weighted by Crippen LogP contribution is 2.76. The molecule has 0 aromatic rings. The van der Waals surface area contributed by atoms with Gasteiger partial charge >= 0.3 is 0 Å². The predicted octanol–water partition coefficient (Wildman–Crippen LogP) is 4.20. The number of aliphatic hydroxyl groups excluding tert-OH is 3. The Morgan fingerprint density at radius 1 is 0.974 bits per heavy atom. The molecule has 0 saturated heterocycles. The van der Waals surface area contributed by atoms with Gasteiger partial charge in [-0.25, -0.2) is 0 Å². The zero-order chi connectivity index (χ0) is 27.9. The van der Waals surface area contributed by atoms with Crippen molar-refractivity contribution in [1.29, 1.82) is 0 Å². The Bertz CT molecular complexity index is 994. The average molecular weight is 532 g/mol. The molecular weight excluding hydrogens is 478 g/mol. The number of amides is 1. The van der Waals surface area contributed by atoms with Gasteiger partial charge < -0.3 is 25.7 Å². The van der Waals surface area contributed by atoms with Crippen LogP contribution in [0.15, 0.2) is 11.6 Å². The molecule has 0 heterocycles. The third-order valence-corrected chi connectivity index (χ3v) is 14.0. The lowest BCUT2D eigenvalue weighted by molar-refractivity contribution is -0.222. The smallest absolute Gasteiger partial charge is 0.227 e. The summed E-state index contributed by atoms with van der Waals surface area (Å²) in [5, 5.41) is 46.0. The van der Waals surface area contributed by atoms with Crippen LogP contribution in [0, 0.1) is 50.7 Å². The van der Waals surface area contributed by atoms with E-state index < -0.39 is 22.5 Å². The van der Waals surface area contributed by atoms with Crippen molar-refractivity contribution in [2.24, 2.45) is 50.7 Å². The minimum Gasteiger partial charge on any atom is -0.396 e. The second-order valence-electron chi connectivity index (χ2n) is 15.2. The van der Waals surface area contributed by atoms with Gasteiger partial charge in [0.2, 0.25) is 5.91 Å². The summed E-state index contributed by atoms with van der Waals surface area (Å²) in [4.78, 5) is 13.8. The summed E-state index contributed by atoms with van der Waals surface area (Å²) in [5.41, 5.74) is -0.935. The molecular formula is C32H53NO5. The Kier molecular flexibility index (Phi) is 6.79. The summed E-state index contributed by atoms with van der Waals surface area (Å²) in [6.45, 7) is 13.7. The first-order valence-corrected chi connectivity index (χ1v) is 15.3. The Balaban J connectivity index is 1.61. The first-order chi connectivity index (χ1) is 17.7. The van der Waals surface area contributed by atoms with Gasteiger partial charge in [-0.3, -0.25) is 4.79 Å². The second-order valence-corrected chi connectivity index (χ2v) is 15.2. The number of hydrogen-bond acceptors (Lipinski definition) is 5. The fourth-order valence-corrected chi connectivity index (χ4v) is 11.2. The van der Waals surface area contributed by atoms with Crippen molar-refractivity contribution in [3.63, 3.8) is 0 Å². The highest BCUT2D eigenvalue weighted by atomic mass is 16.3. The molecule has 0 bridgehead atoms. The SMILES string of the molecule is C[C@@H]1CC[C@]2(C(=O)NCCO)CC[C@]3(C)C(=CCC4[C@@]5(C)CC[C@H](O)[C@@](C)(CO)C5CC[C@]43C)C2[C@]1(C)O. The van der Waals surface area contributed by atoms with Gasteiger partial charge in [-0.1, -0.05) is 46.3 Å². The van der Waals surface area contributed by atoms with Crippen LogP contribution in [0.25, 0.3) is 0 Å². The molecule has 0 spiro atoms. The molecule has 0 radical (unpaired) electrons. The standard InChI is InChI=1S/C32H53NO5/c1-20-9-14-32(26(37)33-17-18-34)16-15-29(4)21(25(32)31(20,6)38)7-8-23-27(2)12-11-24(36)28(3,19-35)22(27)10-13-30(23,29)5/h7,20,22-25,34-36,38H,8-19H2,1-6H3,(H,33,37)/t20-,22?,23?,24+,25?,27+,28+,29-,30-,31-,32+/m1/s1. The Morgan fingerprint density at radius 2 is 1.68 bits per heavy atom. The molecule has 5 aliphatic rings. The lowest BCUT2D eigenvalue weighted by atomic mass is 9.33. The van der Waals surface area contributed by atoms with Gasteiger partial charge in [-0.05, 0) is 98.7 Å². The monoisotopic (exact) mass is 531 g/mol. The van der Waals surface area contributed by atoms with Crippen LogP contribution in [0.2, 0.25) is 0 Å². The first kappa shape index (κ1) is 28.6. The van der Waals surface area contributed by atoms with E-state index in [1.807, 2.05) is 6.92 Å². The largest absolute Gasteiger partial charge is 0.396 e. The number of aliphatic hydroxyl groups is 4. The van der Waals surface area contributed by atoms with Gasteiger partial charge in [0.1, 0.15) is 0 Å². The van der Waals surface area contributed by atoms with Gasteiger partial charge in [0.25, 0.3) is 0 Å². The van der Waals surface area contributed by atoms with Crippen molar-refractivity contribution in [2.75, 3.05) is 19.8 Å². The number of carbonyl (C=O) groups excluding carboxylic acids is 1. The highest BCUT2D eigenvalue weighted by Gasteiger charge is 2.71. The number of nitrogens with one attached hydrogen (secondary N) is 1. The molecule has 6 heteroatoms. The van der Waals surface area contributed by atoms with Crippen LogP contribution < -0.4 is 5.32 Å². The van der Waals surface area contributed by atoms with Gasteiger partial charge in [-0.15, -0.1) is 0 Å². The molecule has 1 amide bonds. The quantitative estimate of drug-likeness (QED) is 0.349. The van der Waals surface area contributed by atoms with Crippen molar-refractivity contribution in [3.05, 3.63) is 11.6 Å². The summed E-state index contributed by atoms with van der Waals surface area (Å²) in [7, 11) is 0. The van der Waals surface area contributed by atoms with Crippen LogP contribution in [-0.4, -0.2) is 57.8 Å². The van der Waals surface area contributed by atoms with E-state index in [4.69, 9.17) is 0 Å². The van der Waals surface area contributed by atoms with E-state index in [0.717, 1.165) is 57.8 Å². The van der Waals surface area contributed by atoms with E-state index in [2.05, 4.69) is 46.0 Å². The molecule has 11 atom stereocenters. The predicted molar refractivity (Wildman–Crippen MR) is 148 cm³/mol. The van der Waals surface area contributed by atoms with Crippen molar-refractivity contribution < 1.29 is 25.2 Å². The Morgan fingerprint density at radius 3 is 2.34 bits per heavy atom. The van der Waals surface area contributed by atoms with Gasteiger partial charge in [0.05, 0.1) is 30.3 Å². The third kappa shape index (κ3) is 3.42. The normalized spacial score (nSPS) is 54.1. The number of rotatable bonds is 4. The first-order valence-electron chi connectivity index (χ1n) is 15.3. The second kappa shape index (κ2) is 9.03. The molecule has 0 aliphatic heterocycles. The number of hydrogen-bond donors (Lipinski definition) is 5. The van der Waals surface area contributed by atoms with Crippen LogP contribution in [0.4, 0.5) is 0 Å².